The first-order valence-corrected chi connectivity index (χ1v) is 4.59. The molecule has 0 aliphatic heterocycles. The number of rotatable bonds is 4. The van der Waals surface area contributed by atoms with Crippen LogP contribution in [0.25, 0.3) is 0 Å². The fourth-order valence-electron chi connectivity index (χ4n) is 0.699. The van der Waals surface area contributed by atoms with Crippen LogP contribution in [0.4, 0.5) is 0 Å². The molecule has 0 spiro atoms. The summed E-state index contributed by atoms with van der Waals surface area (Å²) >= 11 is 0. The van der Waals surface area contributed by atoms with Gasteiger partial charge in [-0.05, 0) is 26.2 Å². The minimum atomic E-state index is 0.250. The van der Waals surface area contributed by atoms with E-state index >= 15 is 0 Å². The van der Waals surface area contributed by atoms with Crippen LogP contribution in [0.3, 0.4) is 0 Å². The SMILES string of the molecule is C/C=C\CC(CC)CO.CCO. The van der Waals surface area contributed by atoms with Gasteiger partial charge in [0.15, 0.2) is 0 Å². The van der Waals surface area contributed by atoms with Crippen LogP contribution >= 0.6 is 0 Å². The molecule has 0 amide bonds. The molecular formula is C10H22O2. The van der Waals surface area contributed by atoms with Gasteiger partial charge in [-0.1, -0.05) is 25.5 Å². The number of hydrogen-bond donors (Lipinski definition) is 2. The van der Waals surface area contributed by atoms with Gasteiger partial charge in [0.25, 0.3) is 0 Å². The second-order valence-corrected chi connectivity index (χ2v) is 2.58. The van der Waals surface area contributed by atoms with E-state index in [1.807, 2.05) is 13.0 Å². The van der Waals surface area contributed by atoms with E-state index in [0.717, 1.165) is 12.8 Å². The predicted octanol–water partition coefficient (Wildman–Crippen LogP) is 1.97. The van der Waals surface area contributed by atoms with Gasteiger partial charge in [-0.15, -0.1) is 0 Å². The van der Waals surface area contributed by atoms with Gasteiger partial charge in [0.2, 0.25) is 0 Å². The van der Waals surface area contributed by atoms with Crippen molar-refractivity contribution in [1.29, 1.82) is 0 Å². The molecule has 0 aromatic heterocycles. The molecule has 0 saturated carbocycles. The molecular weight excluding hydrogens is 152 g/mol. The van der Waals surface area contributed by atoms with Crippen molar-refractivity contribution in [3.8, 4) is 0 Å². The zero-order chi connectivity index (χ0) is 9.82. The molecule has 0 radical (unpaired) electrons. The lowest BCUT2D eigenvalue weighted by molar-refractivity contribution is 0.224. The second kappa shape index (κ2) is 13.3. The summed E-state index contributed by atoms with van der Waals surface area (Å²) in [5, 5.41) is 16.3. The van der Waals surface area contributed by atoms with Gasteiger partial charge in [-0.2, -0.15) is 0 Å². The van der Waals surface area contributed by atoms with E-state index in [-0.39, 0.29) is 6.61 Å². The first-order valence-electron chi connectivity index (χ1n) is 4.59. The average Bonchev–Trinajstić information content (AvgIpc) is 2.08. The standard InChI is InChI=1S/C8H16O.C2H6O/c1-3-5-6-8(4-2)7-9;1-2-3/h3,5,8-9H,4,6-7H2,1-2H3;3H,2H2,1H3/b5-3-;. The quantitative estimate of drug-likeness (QED) is 0.640. The molecule has 0 bridgehead atoms. The first-order chi connectivity index (χ1) is 5.76. The zero-order valence-electron chi connectivity index (χ0n) is 8.45. The molecule has 2 nitrogen and oxygen atoms in total. The van der Waals surface area contributed by atoms with Crippen LogP contribution in [-0.4, -0.2) is 23.4 Å². The molecule has 12 heavy (non-hydrogen) atoms. The minimum absolute atomic E-state index is 0.250. The molecule has 0 aromatic carbocycles. The smallest absolute Gasteiger partial charge is 0.0462 e. The van der Waals surface area contributed by atoms with Gasteiger partial charge in [-0.3, -0.25) is 0 Å². The third kappa shape index (κ3) is 12.3. The number of aliphatic hydroxyl groups is 2. The Labute approximate surface area is 75.9 Å². The lowest BCUT2D eigenvalue weighted by Gasteiger charge is -2.05. The Bertz CT molecular complexity index is 85.8. The van der Waals surface area contributed by atoms with Crippen LogP contribution in [0, 0.1) is 5.92 Å². The maximum Gasteiger partial charge on any atom is 0.0462 e. The Balaban J connectivity index is 0. The third-order valence-electron chi connectivity index (χ3n) is 1.54. The lowest BCUT2D eigenvalue weighted by Crippen LogP contribution is -2.01. The molecule has 0 fully saturated rings. The third-order valence-corrected chi connectivity index (χ3v) is 1.54. The Morgan fingerprint density at radius 3 is 2.00 bits per heavy atom. The fraction of sp³-hybridized carbons (Fsp3) is 0.800. The molecule has 1 unspecified atom stereocenters. The number of hydrogen-bond acceptors (Lipinski definition) is 2. The van der Waals surface area contributed by atoms with Gasteiger partial charge in [-0.25, -0.2) is 0 Å². The predicted molar refractivity (Wildman–Crippen MR) is 53.1 cm³/mol. The van der Waals surface area contributed by atoms with Crippen LogP contribution in [0.5, 0.6) is 0 Å². The summed E-state index contributed by atoms with van der Waals surface area (Å²) in [6.07, 6.45) is 6.22. The molecule has 2 N–H and O–H groups in total. The van der Waals surface area contributed by atoms with Gasteiger partial charge in [0, 0.05) is 13.2 Å². The van der Waals surface area contributed by atoms with Crippen LogP contribution in [-0.2, 0) is 0 Å². The Kier molecular flexibility index (Phi) is 15.7. The van der Waals surface area contributed by atoms with E-state index in [1.165, 1.54) is 0 Å². The number of aliphatic hydroxyl groups excluding tert-OH is 2. The molecule has 0 aliphatic rings. The van der Waals surface area contributed by atoms with E-state index in [2.05, 4.69) is 13.0 Å². The summed E-state index contributed by atoms with van der Waals surface area (Å²) < 4.78 is 0. The van der Waals surface area contributed by atoms with E-state index in [9.17, 15) is 0 Å². The highest BCUT2D eigenvalue weighted by Crippen LogP contribution is 2.06. The van der Waals surface area contributed by atoms with Gasteiger partial charge >= 0.3 is 0 Å². The molecule has 0 rings (SSSR count). The monoisotopic (exact) mass is 174 g/mol. The number of allylic oxidation sites excluding steroid dienone is 2. The molecule has 0 heterocycles. The highest BCUT2D eigenvalue weighted by atomic mass is 16.3. The summed E-state index contributed by atoms with van der Waals surface area (Å²) in [6, 6.07) is 0. The molecule has 0 aromatic rings. The van der Waals surface area contributed by atoms with Crippen molar-refractivity contribution in [3.05, 3.63) is 12.2 Å². The Morgan fingerprint density at radius 1 is 1.25 bits per heavy atom. The van der Waals surface area contributed by atoms with Crippen LogP contribution in [0.15, 0.2) is 12.2 Å². The largest absolute Gasteiger partial charge is 0.397 e. The summed E-state index contributed by atoms with van der Waals surface area (Å²) in [5.41, 5.74) is 0. The van der Waals surface area contributed by atoms with Crippen LogP contribution < -0.4 is 0 Å². The van der Waals surface area contributed by atoms with Gasteiger partial charge in [0.05, 0.1) is 0 Å². The summed E-state index contributed by atoms with van der Waals surface area (Å²) in [7, 11) is 0. The summed E-state index contributed by atoms with van der Waals surface area (Å²) in [6.45, 7) is 6.36. The van der Waals surface area contributed by atoms with Crippen molar-refractivity contribution in [2.24, 2.45) is 5.92 Å². The van der Waals surface area contributed by atoms with Crippen molar-refractivity contribution in [2.75, 3.05) is 13.2 Å². The highest BCUT2D eigenvalue weighted by molar-refractivity contribution is 4.79. The average molecular weight is 174 g/mol. The molecule has 1 atom stereocenters. The Morgan fingerprint density at radius 2 is 1.75 bits per heavy atom. The van der Waals surface area contributed by atoms with Crippen molar-refractivity contribution in [2.45, 2.75) is 33.6 Å². The highest BCUT2D eigenvalue weighted by Gasteiger charge is 1.99. The van der Waals surface area contributed by atoms with Crippen LogP contribution in [0.2, 0.25) is 0 Å². The maximum atomic E-state index is 8.72. The molecule has 74 valence electrons. The van der Waals surface area contributed by atoms with Crippen molar-refractivity contribution >= 4 is 0 Å². The minimum Gasteiger partial charge on any atom is -0.397 e. The molecule has 2 heteroatoms. The summed E-state index contributed by atoms with van der Waals surface area (Å²) in [4.78, 5) is 0. The first kappa shape index (κ1) is 14.2. The second-order valence-electron chi connectivity index (χ2n) is 2.58. The van der Waals surface area contributed by atoms with E-state index in [0.29, 0.717) is 12.5 Å². The van der Waals surface area contributed by atoms with E-state index < -0.39 is 0 Å². The van der Waals surface area contributed by atoms with E-state index in [1.54, 1.807) is 6.92 Å². The summed E-state index contributed by atoms with van der Waals surface area (Å²) in [5.74, 6) is 0.473. The van der Waals surface area contributed by atoms with Crippen molar-refractivity contribution < 1.29 is 10.2 Å². The maximum absolute atomic E-state index is 8.72. The zero-order valence-corrected chi connectivity index (χ0v) is 8.45. The van der Waals surface area contributed by atoms with Crippen LogP contribution in [0.1, 0.15) is 33.6 Å². The topological polar surface area (TPSA) is 40.5 Å². The van der Waals surface area contributed by atoms with E-state index in [4.69, 9.17) is 10.2 Å². The molecule has 0 aliphatic carbocycles. The van der Waals surface area contributed by atoms with Gasteiger partial charge < -0.3 is 10.2 Å². The Hall–Kier alpha value is -0.340. The normalized spacial score (nSPS) is 12.4. The van der Waals surface area contributed by atoms with Crippen molar-refractivity contribution in [3.63, 3.8) is 0 Å². The fourth-order valence-corrected chi connectivity index (χ4v) is 0.699. The molecule has 0 saturated heterocycles. The lowest BCUT2D eigenvalue weighted by atomic mass is 10.0. The van der Waals surface area contributed by atoms with Crippen molar-refractivity contribution in [1.82, 2.24) is 0 Å². The van der Waals surface area contributed by atoms with Gasteiger partial charge in [0.1, 0.15) is 0 Å².